The predicted octanol–water partition coefficient (Wildman–Crippen LogP) is 4.89. The summed E-state index contributed by atoms with van der Waals surface area (Å²) in [5.41, 5.74) is 0. The lowest BCUT2D eigenvalue weighted by atomic mass is 9.82. The first-order valence-electron chi connectivity index (χ1n) is 5.93. The number of hydrogen-bond donors (Lipinski definition) is 1. The Morgan fingerprint density at radius 1 is 0.950 bits per heavy atom. The molecule has 0 unspecified atom stereocenters. The molecule has 1 aliphatic rings. The van der Waals surface area contributed by atoms with Gasteiger partial charge in [-0.25, -0.2) is 5.26 Å². The molecule has 0 amide bonds. The van der Waals surface area contributed by atoms with Gasteiger partial charge in [0, 0.05) is 0 Å². The highest BCUT2D eigenvalue weighted by molar-refractivity contribution is 7.96. The van der Waals surface area contributed by atoms with Gasteiger partial charge >= 0.3 is 12.4 Å². The van der Waals surface area contributed by atoms with E-state index < -0.39 is 41.5 Å². The fourth-order valence-corrected chi connectivity index (χ4v) is 3.03. The molecule has 1 fully saturated rings. The maximum atomic E-state index is 13.0. The molecular formula is C10H14F6O3S. The minimum atomic E-state index is -5.58. The van der Waals surface area contributed by atoms with Gasteiger partial charge in [0.05, 0.1) is 12.0 Å². The van der Waals surface area contributed by atoms with Gasteiger partial charge in [-0.15, -0.1) is 4.33 Å². The van der Waals surface area contributed by atoms with Crippen LogP contribution in [-0.4, -0.2) is 22.4 Å². The third-order valence-corrected chi connectivity index (χ3v) is 4.47. The molecule has 1 N–H and O–H groups in total. The van der Waals surface area contributed by atoms with Crippen molar-refractivity contribution in [2.45, 2.75) is 55.6 Å². The van der Waals surface area contributed by atoms with Gasteiger partial charge in [-0.3, -0.25) is 0 Å². The Labute approximate surface area is 115 Å². The molecule has 0 bridgehead atoms. The molecule has 0 aromatic carbocycles. The van der Waals surface area contributed by atoms with Gasteiger partial charge in [0.1, 0.15) is 0 Å². The zero-order valence-corrected chi connectivity index (χ0v) is 11.1. The summed E-state index contributed by atoms with van der Waals surface area (Å²) in [6.07, 6.45) is -9.64. The van der Waals surface area contributed by atoms with E-state index >= 15 is 0 Å². The minimum absolute atomic E-state index is 0.314. The molecule has 0 atom stereocenters. The van der Waals surface area contributed by atoms with Crippen LogP contribution in [0.25, 0.3) is 0 Å². The molecule has 10 heteroatoms. The van der Waals surface area contributed by atoms with Gasteiger partial charge in [-0.1, -0.05) is 37.1 Å². The van der Waals surface area contributed by atoms with Crippen molar-refractivity contribution in [3.8, 4) is 0 Å². The van der Waals surface area contributed by atoms with Gasteiger partial charge in [0.15, 0.2) is 0 Å². The summed E-state index contributed by atoms with van der Waals surface area (Å²) in [6, 6.07) is 0. The van der Waals surface area contributed by atoms with Crippen molar-refractivity contribution >= 4 is 12.0 Å². The van der Waals surface area contributed by atoms with Crippen molar-refractivity contribution in [2.75, 3.05) is 0 Å². The van der Waals surface area contributed by atoms with Crippen LogP contribution >= 0.6 is 12.0 Å². The van der Waals surface area contributed by atoms with Crippen molar-refractivity contribution in [3.05, 3.63) is 0 Å². The number of rotatable bonds is 5. The fraction of sp³-hybridized carbons (Fsp3) is 1.00. The third kappa shape index (κ3) is 3.92. The molecule has 0 aromatic heterocycles. The summed E-state index contributed by atoms with van der Waals surface area (Å²) < 4.78 is 77.4. The lowest BCUT2D eigenvalue weighted by molar-refractivity contribution is -0.434. The van der Waals surface area contributed by atoms with Gasteiger partial charge in [0.2, 0.25) is 4.75 Å². The minimum Gasteiger partial charge on any atom is -0.220 e. The molecular weight excluding hydrogens is 314 g/mol. The van der Waals surface area contributed by atoms with E-state index in [9.17, 15) is 26.3 Å². The molecule has 3 nitrogen and oxygen atoms in total. The van der Waals surface area contributed by atoms with E-state index in [4.69, 9.17) is 5.26 Å². The van der Waals surface area contributed by atoms with Gasteiger partial charge < -0.3 is 0 Å². The van der Waals surface area contributed by atoms with Crippen molar-refractivity contribution < 1.29 is 41.0 Å². The Bertz CT molecular complexity index is 286. The highest BCUT2D eigenvalue weighted by atomic mass is 32.2. The van der Waals surface area contributed by atoms with Crippen molar-refractivity contribution in [3.63, 3.8) is 0 Å². The first-order valence-corrected chi connectivity index (χ1v) is 6.67. The summed E-state index contributed by atoms with van der Waals surface area (Å²) in [4.78, 5) is 0. The van der Waals surface area contributed by atoms with Crippen LogP contribution in [0.4, 0.5) is 26.3 Å². The number of alkyl halides is 6. The molecule has 0 saturated heterocycles. The Morgan fingerprint density at radius 3 is 1.85 bits per heavy atom. The van der Waals surface area contributed by atoms with E-state index in [1.165, 1.54) is 0 Å². The van der Waals surface area contributed by atoms with Crippen LogP contribution < -0.4 is 0 Å². The number of halogens is 6. The molecule has 0 aromatic rings. The first-order chi connectivity index (χ1) is 9.14. The summed E-state index contributed by atoms with van der Waals surface area (Å²) >= 11 is -0.946. The standard InChI is InChI=1S/C10H14F6O3S/c11-9(12,13)8(10(14,15)16,20-19-18-17)6-7-4-2-1-3-5-7/h7,17H,1-6H2. The second-order valence-electron chi connectivity index (χ2n) is 4.76. The topological polar surface area (TPSA) is 38.7 Å². The van der Waals surface area contributed by atoms with E-state index in [1.54, 1.807) is 0 Å². The maximum Gasteiger partial charge on any atom is 0.414 e. The second kappa shape index (κ2) is 6.71. The van der Waals surface area contributed by atoms with Crippen LogP contribution in [0.3, 0.4) is 0 Å². The quantitative estimate of drug-likeness (QED) is 0.337. The van der Waals surface area contributed by atoms with E-state index in [-0.39, 0.29) is 0 Å². The fourth-order valence-electron chi connectivity index (χ4n) is 2.39. The average Bonchev–Trinajstić information content (AvgIpc) is 2.32. The monoisotopic (exact) mass is 328 g/mol. The van der Waals surface area contributed by atoms with Gasteiger partial charge in [-0.2, -0.15) is 26.3 Å². The Morgan fingerprint density at radius 2 is 1.45 bits per heavy atom. The summed E-state index contributed by atoms with van der Waals surface area (Å²) in [6.45, 7) is 0. The molecule has 0 radical (unpaired) electrons. The van der Waals surface area contributed by atoms with E-state index in [0.29, 0.717) is 25.7 Å². The molecule has 0 heterocycles. The summed E-state index contributed by atoms with van der Waals surface area (Å²) in [5.74, 6) is -0.693. The van der Waals surface area contributed by atoms with Crippen molar-refractivity contribution in [1.82, 2.24) is 0 Å². The molecule has 20 heavy (non-hydrogen) atoms. The van der Waals surface area contributed by atoms with Crippen molar-refractivity contribution in [2.24, 2.45) is 5.92 Å². The highest BCUT2D eigenvalue weighted by Crippen LogP contribution is 2.56. The zero-order chi connectivity index (χ0) is 15.4. The Balaban J connectivity index is 3.01. The first kappa shape index (κ1) is 17.9. The molecule has 0 spiro atoms. The SMILES string of the molecule is OOOSC(CC1CCCCC1)(C(F)(F)F)C(F)(F)F. The third-order valence-electron chi connectivity index (χ3n) is 3.42. The molecule has 1 saturated carbocycles. The maximum absolute atomic E-state index is 13.0. The number of hydrogen-bond acceptors (Lipinski definition) is 4. The largest absolute Gasteiger partial charge is 0.414 e. The van der Waals surface area contributed by atoms with E-state index in [1.807, 2.05) is 0 Å². The van der Waals surface area contributed by atoms with Crippen LogP contribution in [0.5, 0.6) is 0 Å². The smallest absolute Gasteiger partial charge is 0.220 e. The Kier molecular flexibility index (Phi) is 6.00. The highest BCUT2D eigenvalue weighted by Gasteiger charge is 2.72. The summed E-state index contributed by atoms with van der Waals surface area (Å²) in [7, 11) is 0. The van der Waals surface area contributed by atoms with Gasteiger partial charge in [0.25, 0.3) is 0 Å². The van der Waals surface area contributed by atoms with Gasteiger partial charge in [-0.05, 0) is 12.3 Å². The molecule has 1 rings (SSSR count). The normalized spacial score (nSPS) is 19.4. The van der Waals surface area contributed by atoms with Crippen LogP contribution in [0.1, 0.15) is 38.5 Å². The van der Waals surface area contributed by atoms with Crippen LogP contribution in [0, 0.1) is 5.92 Å². The van der Waals surface area contributed by atoms with Crippen LogP contribution in [0.15, 0.2) is 0 Å². The molecule has 1 aliphatic carbocycles. The van der Waals surface area contributed by atoms with Crippen LogP contribution in [-0.2, 0) is 9.37 Å². The average molecular weight is 328 g/mol. The molecule has 0 aliphatic heterocycles. The van der Waals surface area contributed by atoms with E-state index in [2.05, 4.69) is 9.37 Å². The molecule has 120 valence electrons. The second-order valence-corrected chi connectivity index (χ2v) is 5.76. The van der Waals surface area contributed by atoms with Crippen molar-refractivity contribution in [1.29, 1.82) is 0 Å². The lowest BCUT2D eigenvalue weighted by Crippen LogP contribution is -2.55. The van der Waals surface area contributed by atoms with E-state index in [0.717, 1.165) is 6.42 Å². The lowest BCUT2D eigenvalue weighted by Gasteiger charge is -2.38. The summed E-state index contributed by atoms with van der Waals surface area (Å²) in [5, 5.41) is 10.8. The zero-order valence-electron chi connectivity index (χ0n) is 10.3. The Hall–Kier alpha value is -0.190. The van der Waals surface area contributed by atoms with Crippen LogP contribution in [0.2, 0.25) is 0 Å². The predicted molar refractivity (Wildman–Crippen MR) is 58.4 cm³/mol.